The Labute approximate surface area is 98.8 Å². The van der Waals surface area contributed by atoms with Gasteiger partial charge in [0.05, 0.1) is 5.54 Å². The van der Waals surface area contributed by atoms with E-state index in [9.17, 15) is 4.39 Å². The van der Waals surface area contributed by atoms with Gasteiger partial charge in [0, 0.05) is 6.07 Å². The highest BCUT2D eigenvalue weighted by Crippen LogP contribution is 2.35. The Hall–Kier alpha value is -1.42. The Morgan fingerprint density at radius 3 is 2.76 bits per heavy atom. The molecule has 1 heterocycles. The van der Waals surface area contributed by atoms with Gasteiger partial charge in [-0.2, -0.15) is 0 Å². The van der Waals surface area contributed by atoms with Crippen LogP contribution >= 0.6 is 0 Å². The second-order valence-electron chi connectivity index (χ2n) is 4.85. The highest BCUT2D eigenvalue weighted by Gasteiger charge is 2.34. The summed E-state index contributed by atoms with van der Waals surface area (Å²) >= 11 is 0. The number of nitrogens with zero attached hydrogens (tertiary/aromatic N) is 1. The molecule has 1 aliphatic carbocycles. The molecule has 1 aromatic carbocycles. The molecule has 1 fully saturated rings. The number of hydrogen-bond donors (Lipinski definition) is 1. The lowest BCUT2D eigenvalue weighted by Crippen LogP contribution is -2.38. The number of rotatable bonds is 1. The molecular weight excluding hydrogens is 219 g/mol. The van der Waals surface area contributed by atoms with Crippen LogP contribution in [0.4, 0.5) is 4.39 Å². The number of halogens is 1. The summed E-state index contributed by atoms with van der Waals surface area (Å²) in [6.45, 7) is 0. The molecule has 1 saturated carbocycles. The molecule has 4 heteroatoms. The summed E-state index contributed by atoms with van der Waals surface area (Å²) in [4.78, 5) is 4.39. The number of fused-ring (bicyclic) bond motifs is 1. The van der Waals surface area contributed by atoms with Crippen molar-refractivity contribution in [3.05, 3.63) is 29.9 Å². The predicted octanol–water partition coefficient (Wildman–Crippen LogP) is 3.09. The van der Waals surface area contributed by atoms with Gasteiger partial charge in [0.25, 0.3) is 0 Å². The van der Waals surface area contributed by atoms with Crippen LogP contribution in [0.2, 0.25) is 0 Å². The smallest absolute Gasteiger partial charge is 0.215 e. The minimum absolute atomic E-state index is 0.310. The summed E-state index contributed by atoms with van der Waals surface area (Å²) in [5, 5.41) is 0. The molecule has 0 spiro atoms. The molecule has 90 valence electrons. The Morgan fingerprint density at radius 1 is 1.24 bits per heavy atom. The number of nitrogens with two attached hydrogens (primary N) is 1. The van der Waals surface area contributed by atoms with E-state index in [1.165, 1.54) is 18.6 Å². The van der Waals surface area contributed by atoms with Crippen LogP contribution in [0.5, 0.6) is 0 Å². The predicted molar refractivity (Wildman–Crippen MR) is 62.9 cm³/mol. The van der Waals surface area contributed by atoms with E-state index in [1.807, 2.05) is 0 Å². The lowest BCUT2D eigenvalue weighted by molar-refractivity contribution is 0.247. The first-order chi connectivity index (χ1) is 8.17. The maximum Gasteiger partial charge on any atom is 0.215 e. The molecule has 0 bridgehead atoms. The molecular formula is C13H15FN2O. The van der Waals surface area contributed by atoms with Gasteiger partial charge in [0.2, 0.25) is 5.89 Å². The highest BCUT2D eigenvalue weighted by atomic mass is 19.1. The van der Waals surface area contributed by atoms with Crippen molar-refractivity contribution in [3.63, 3.8) is 0 Å². The van der Waals surface area contributed by atoms with Gasteiger partial charge in [-0.25, -0.2) is 9.37 Å². The van der Waals surface area contributed by atoms with E-state index >= 15 is 0 Å². The van der Waals surface area contributed by atoms with Gasteiger partial charge in [-0.15, -0.1) is 0 Å². The van der Waals surface area contributed by atoms with Gasteiger partial charge in [-0.1, -0.05) is 19.3 Å². The van der Waals surface area contributed by atoms with E-state index in [2.05, 4.69) is 4.98 Å². The van der Waals surface area contributed by atoms with Crippen molar-refractivity contribution < 1.29 is 8.81 Å². The number of oxazole rings is 1. The van der Waals surface area contributed by atoms with Crippen LogP contribution in [0, 0.1) is 5.82 Å². The van der Waals surface area contributed by atoms with Crippen LogP contribution in [0.1, 0.15) is 38.0 Å². The first-order valence-corrected chi connectivity index (χ1v) is 6.03. The molecule has 1 aromatic heterocycles. The minimum atomic E-state index is -0.465. The molecule has 0 atom stereocenters. The third-order valence-corrected chi connectivity index (χ3v) is 3.52. The van der Waals surface area contributed by atoms with E-state index in [4.69, 9.17) is 10.2 Å². The topological polar surface area (TPSA) is 52.0 Å². The molecule has 0 aliphatic heterocycles. The van der Waals surface area contributed by atoms with E-state index < -0.39 is 5.54 Å². The van der Waals surface area contributed by atoms with Crippen molar-refractivity contribution in [1.29, 1.82) is 0 Å². The second kappa shape index (κ2) is 3.81. The Morgan fingerprint density at radius 2 is 2.00 bits per heavy atom. The zero-order valence-electron chi connectivity index (χ0n) is 9.58. The third kappa shape index (κ3) is 1.82. The monoisotopic (exact) mass is 234 g/mol. The molecule has 17 heavy (non-hydrogen) atoms. The molecule has 3 rings (SSSR count). The molecule has 2 N–H and O–H groups in total. The molecule has 1 aliphatic rings. The standard InChI is InChI=1S/C13H15FN2O/c14-9-4-5-10-11(8-9)17-12(16-10)13(15)6-2-1-3-7-13/h4-5,8H,1-3,6-7,15H2. The lowest BCUT2D eigenvalue weighted by atomic mass is 9.82. The van der Waals surface area contributed by atoms with Crippen LogP contribution < -0.4 is 5.73 Å². The second-order valence-corrected chi connectivity index (χ2v) is 4.85. The summed E-state index contributed by atoms with van der Waals surface area (Å²) < 4.78 is 18.7. The third-order valence-electron chi connectivity index (χ3n) is 3.52. The van der Waals surface area contributed by atoms with Crippen LogP contribution in [0.15, 0.2) is 22.6 Å². The SMILES string of the molecule is NC1(c2nc3ccc(F)cc3o2)CCCCC1. The largest absolute Gasteiger partial charge is 0.439 e. The van der Waals surface area contributed by atoms with E-state index in [0.717, 1.165) is 25.7 Å². The van der Waals surface area contributed by atoms with Crippen molar-refractivity contribution in [2.24, 2.45) is 5.73 Å². The van der Waals surface area contributed by atoms with Crippen molar-refractivity contribution in [2.45, 2.75) is 37.6 Å². The molecule has 3 nitrogen and oxygen atoms in total. The number of benzene rings is 1. The molecule has 0 unspecified atom stereocenters. The van der Waals surface area contributed by atoms with Crippen molar-refractivity contribution in [2.75, 3.05) is 0 Å². The Kier molecular flexibility index (Phi) is 2.40. The van der Waals surface area contributed by atoms with Gasteiger partial charge >= 0.3 is 0 Å². The van der Waals surface area contributed by atoms with Gasteiger partial charge in [0.15, 0.2) is 5.58 Å². The van der Waals surface area contributed by atoms with Crippen LogP contribution in [-0.2, 0) is 5.54 Å². The zero-order chi connectivity index (χ0) is 11.9. The van der Waals surface area contributed by atoms with Crippen molar-refractivity contribution in [1.82, 2.24) is 4.98 Å². The average Bonchev–Trinajstić information content (AvgIpc) is 2.73. The fourth-order valence-corrected chi connectivity index (χ4v) is 2.51. The molecule has 0 amide bonds. The molecule has 2 aromatic rings. The van der Waals surface area contributed by atoms with E-state index in [0.29, 0.717) is 17.0 Å². The molecule has 0 radical (unpaired) electrons. The summed E-state index contributed by atoms with van der Waals surface area (Å²) in [6, 6.07) is 4.38. The minimum Gasteiger partial charge on any atom is -0.439 e. The fourth-order valence-electron chi connectivity index (χ4n) is 2.51. The average molecular weight is 234 g/mol. The Bertz CT molecular complexity index is 543. The van der Waals surface area contributed by atoms with E-state index in [1.54, 1.807) is 6.07 Å². The highest BCUT2D eigenvalue weighted by molar-refractivity contribution is 5.72. The zero-order valence-corrected chi connectivity index (χ0v) is 9.58. The normalized spacial score (nSPS) is 19.6. The van der Waals surface area contributed by atoms with Crippen molar-refractivity contribution in [3.8, 4) is 0 Å². The van der Waals surface area contributed by atoms with E-state index in [-0.39, 0.29) is 5.82 Å². The first kappa shape index (κ1) is 10.7. The summed E-state index contributed by atoms with van der Waals surface area (Å²) in [5.41, 5.74) is 7.03. The van der Waals surface area contributed by atoms with Gasteiger partial charge in [0.1, 0.15) is 11.3 Å². The summed E-state index contributed by atoms with van der Waals surface area (Å²) in [6.07, 6.45) is 5.20. The molecule has 0 saturated heterocycles. The Balaban J connectivity index is 2.05. The first-order valence-electron chi connectivity index (χ1n) is 6.03. The quantitative estimate of drug-likeness (QED) is 0.824. The number of hydrogen-bond acceptors (Lipinski definition) is 3. The van der Waals surface area contributed by atoms with Gasteiger partial charge in [-0.05, 0) is 25.0 Å². The van der Waals surface area contributed by atoms with Crippen LogP contribution in [0.25, 0.3) is 11.1 Å². The fraction of sp³-hybridized carbons (Fsp3) is 0.462. The van der Waals surface area contributed by atoms with Crippen LogP contribution in [0.3, 0.4) is 0 Å². The number of aromatic nitrogens is 1. The lowest BCUT2D eigenvalue weighted by Gasteiger charge is -2.29. The van der Waals surface area contributed by atoms with Crippen LogP contribution in [-0.4, -0.2) is 4.98 Å². The maximum absolute atomic E-state index is 13.1. The summed E-state index contributed by atoms with van der Waals surface area (Å²) in [5.74, 6) is 0.243. The summed E-state index contributed by atoms with van der Waals surface area (Å²) in [7, 11) is 0. The maximum atomic E-state index is 13.1. The van der Waals surface area contributed by atoms with Gasteiger partial charge < -0.3 is 10.2 Å². The van der Waals surface area contributed by atoms with Gasteiger partial charge in [-0.3, -0.25) is 0 Å². The van der Waals surface area contributed by atoms with Crippen molar-refractivity contribution >= 4 is 11.1 Å².